The Bertz CT molecular complexity index is 374. The lowest BCUT2D eigenvalue weighted by Gasteiger charge is -2.44. The second kappa shape index (κ2) is 4.10. The van der Waals surface area contributed by atoms with Crippen LogP contribution in [-0.2, 0) is 9.59 Å². The third-order valence-corrected chi connectivity index (χ3v) is 3.53. The topological polar surface area (TPSA) is 69.7 Å². The van der Waals surface area contributed by atoms with Crippen LogP contribution in [0.4, 0.5) is 4.79 Å². The fraction of sp³-hybridized carbons (Fsp3) is 0.727. The number of imide groups is 2. The van der Waals surface area contributed by atoms with Crippen molar-refractivity contribution in [3.05, 3.63) is 0 Å². The van der Waals surface area contributed by atoms with Gasteiger partial charge < -0.3 is 4.90 Å². The van der Waals surface area contributed by atoms with Gasteiger partial charge >= 0.3 is 6.03 Å². The zero-order valence-electron chi connectivity index (χ0n) is 10.2. The smallest absolute Gasteiger partial charge is 0.308 e. The van der Waals surface area contributed by atoms with Crippen molar-refractivity contribution in [2.45, 2.75) is 19.3 Å². The van der Waals surface area contributed by atoms with Crippen LogP contribution in [-0.4, -0.2) is 54.8 Å². The van der Waals surface area contributed by atoms with Crippen LogP contribution in [0.15, 0.2) is 0 Å². The Balaban J connectivity index is 2.13. The molecule has 1 N–H and O–H groups in total. The molecule has 1 saturated carbocycles. The van der Waals surface area contributed by atoms with Gasteiger partial charge in [0.1, 0.15) is 5.41 Å². The molecule has 1 aliphatic heterocycles. The van der Waals surface area contributed by atoms with Gasteiger partial charge in [0.25, 0.3) is 0 Å². The van der Waals surface area contributed by atoms with Gasteiger partial charge in [0.2, 0.25) is 11.8 Å². The minimum atomic E-state index is -0.944. The summed E-state index contributed by atoms with van der Waals surface area (Å²) < 4.78 is 0. The first kappa shape index (κ1) is 12.0. The lowest BCUT2D eigenvalue weighted by Crippen LogP contribution is -2.66. The van der Waals surface area contributed by atoms with Gasteiger partial charge in [0, 0.05) is 13.1 Å². The van der Waals surface area contributed by atoms with Crippen molar-refractivity contribution in [2.24, 2.45) is 5.41 Å². The number of rotatable bonds is 3. The predicted molar refractivity (Wildman–Crippen MR) is 60.1 cm³/mol. The van der Waals surface area contributed by atoms with Gasteiger partial charge in [-0.15, -0.1) is 0 Å². The molecule has 0 radical (unpaired) electrons. The number of hydrogen-bond donors (Lipinski definition) is 1. The second-order valence-corrected chi connectivity index (χ2v) is 4.96. The van der Waals surface area contributed by atoms with Crippen molar-refractivity contribution in [1.29, 1.82) is 0 Å². The van der Waals surface area contributed by atoms with Crippen LogP contribution in [0.25, 0.3) is 0 Å². The summed E-state index contributed by atoms with van der Waals surface area (Å²) in [6.45, 7) is 0.927. The molecule has 0 bridgehead atoms. The number of likely N-dealkylation sites (N-methyl/N-ethyl adjacent to an activating group) is 1. The maximum atomic E-state index is 12.2. The molecule has 1 aliphatic carbocycles. The lowest BCUT2D eigenvalue weighted by atomic mass is 9.66. The number of amides is 4. The molecule has 1 saturated heterocycles. The van der Waals surface area contributed by atoms with E-state index >= 15 is 0 Å². The fourth-order valence-corrected chi connectivity index (χ4v) is 2.21. The van der Waals surface area contributed by atoms with E-state index in [0.717, 1.165) is 6.42 Å². The Kier molecular flexibility index (Phi) is 2.91. The molecule has 0 atom stereocenters. The molecule has 2 aliphatic rings. The molecule has 0 aromatic heterocycles. The first-order chi connectivity index (χ1) is 7.97. The van der Waals surface area contributed by atoms with E-state index in [1.165, 1.54) is 4.90 Å². The van der Waals surface area contributed by atoms with Gasteiger partial charge in [-0.05, 0) is 26.9 Å². The lowest BCUT2D eigenvalue weighted by molar-refractivity contribution is -0.157. The SMILES string of the molecule is CN(C)CCN1C(=O)NC(=O)C2(CCC2)C1=O. The zero-order valence-corrected chi connectivity index (χ0v) is 10.2. The molecule has 0 aromatic carbocycles. The molecule has 1 spiro atoms. The van der Waals surface area contributed by atoms with E-state index in [0.29, 0.717) is 25.9 Å². The van der Waals surface area contributed by atoms with Crippen LogP contribution in [0.5, 0.6) is 0 Å². The maximum Gasteiger partial charge on any atom is 0.330 e. The van der Waals surface area contributed by atoms with E-state index in [1.54, 1.807) is 0 Å². The van der Waals surface area contributed by atoms with Gasteiger partial charge in [-0.1, -0.05) is 6.42 Å². The average molecular weight is 239 g/mol. The van der Waals surface area contributed by atoms with E-state index in [4.69, 9.17) is 0 Å². The number of carbonyl (C=O) groups excluding carboxylic acids is 3. The highest BCUT2D eigenvalue weighted by molar-refractivity contribution is 6.19. The monoisotopic (exact) mass is 239 g/mol. The highest BCUT2D eigenvalue weighted by Gasteiger charge is 2.57. The van der Waals surface area contributed by atoms with E-state index in [9.17, 15) is 14.4 Å². The molecular formula is C11H17N3O3. The Hall–Kier alpha value is -1.43. The van der Waals surface area contributed by atoms with Gasteiger partial charge in [0.15, 0.2) is 0 Å². The van der Waals surface area contributed by atoms with Crippen LogP contribution in [0.1, 0.15) is 19.3 Å². The number of hydrogen-bond acceptors (Lipinski definition) is 4. The largest absolute Gasteiger partial charge is 0.330 e. The van der Waals surface area contributed by atoms with Crippen LogP contribution in [0.2, 0.25) is 0 Å². The Morgan fingerprint density at radius 2 is 1.94 bits per heavy atom. The molecule has 94 valence electrons. The van der Waals surface area contributed by atoms with Crippen molar-refractivity contribution in [3.63, 3.8) is 0 Å². The molecule has 4 amide bonds. The van der Waals surface area contributed by atoms with Crippen molar-refractivity contribution in [3.8, 4) is 0 Å². The predicted octanol–water partition coefficient (Wildman–Crippen LogP) is -0.203. The summed E-state index contributed by atoms with van der Waals surface area (Å²) in [7, 11) is 3.74. The van der Waals surface area contributed by atoms with Gasteiger partial charge in [0.05, 0.1) is 0 Å². The minimum Gasteiger partial charge on any atom is -0.308 e. The molecule has 0 unspecified atom stereocenters. The maximum absolute atomic E-state index is 12.2. The molecule has 17 heavy (non-hydrogen) atoms. The van der Waals surface area contributed by atoms with Crippen molar-refractivity contribution < 1.29 is 14.4 Å². The minimum absolute atomic E-state index is 0.320. The summed E-state index contributed by atoms with van der Waals surface area (Å²) >= 11 is 0. The molecular weight excluding hydrogens is 222 g/mol. The Morgan fingerprint density at radius 1 is 1.29 bits per heavy atom. The molecule has 6 heteroatoms. The van der Waals surface area contributed by atoms with Gasteiger partial charge in [-0.2, -0.15) is 0 Å². The van der Waals surface area contributed by atoms with E-state index < -0.39 is 17.4 Å². The highest BCUT2D eigenvalue weighted by Crippen LogP contribution is 2.44. The average Bonchev–Trinajstić information content (AvgIpc) is 2.13. The number of nitrogens with zero attached hydrogens (tertiary/aromatic N) is 2. The third-order valence-electron chi connectivity index (χ3n) is 3.53. The quantitative estimate of drug-likeness (QED) is 0.692. The van der Waals surface area contributed by atoms with Crippen LogP contribution in [0, 0.1) is 5.41 Å². The first-order valence-electron chi connectivity index (χ1n) is 5.79. The van der Waals surface area contributed by atoms with Crippen LogP contribution in [0.3, 0.4) is 0 Å². The number of nitrogens with one attached hydrogen (secondary N) is 1. The van der Waals surface area contributed by atoms with Gasteiger partial charge in [-0.25, -0.2) is 4.79 Å². The number of carbonyl (C=O) groups is 3. The standard InChI is InChI=1S/C11H17N3O3/c1-13(2)6-7-14-9(16)11(4-3-5-11)8(15)12-10(14)17/h3-7H2,1-2H3,(H,12,15,17). The third kappa shape index (κ3) is 1.82. The summed E-state index contributed by atoms with van der Waals surface area (Å²) in [5, 5.41) is 2.28. The van der Waals surface area contributed by atoms with E-state index in [1.807, 2.05) is 19.0 Å². The molecule has 1 heterocycles. The summed E-state index contributed by atoms with van der Waals surface area (Å²) in [4.78, 5) is 38.6. The fourth-order valence-electron chi connectivity index (χ4n) is 2.21. The molecule has 2 rings (SSSR count). The Labute approximate surface area is 99.9 Å². The number of urea groups is 1. The number of barbiturate groups is 1. The second-order valence-electron chi connectivity index (χ2n) is 4.96. The van der Waals surface area contributed by atoms with Crippen molar-refractivity contribution >= 4 is 17.8 Å². The van der Waals surface area contributed by atoms with E-state index in [2.05, 4.69) is 5.32 Å². The first-order valence-corrected chi connectivity index (χ1v) is 5.79. The summed E-state index contributed by atoms with van der Waals surface area (Å²) in [5.41, 5.74) is -0.944. The van der Waals surface area contributed by atoms with Crippen molar-refractivity contribution in [1.82, 2.24) is 15.1 Å². The normalized spacial score (nSPS) is 23.0. The summed E-state index contributed by atoms with van der Waals surface area (Å²) in [6, 6.07) is -0.584. The zero-order chi connectivity index (χ0) is 12.6. The van der Waals surface area contributed by atoms with Gasteiger partial charge in [-0.3, -0.25) is 19.8 Å². The molecule has 6 nitrogen and oxygen atoms in total. The van der Waals surface area contributed by atoms with Crippen molar-refractivity contribution in [2.75, 3.05) is 27.2 Å². The van der Waals surface area contributed by atoms with Crippen LogP contribution >= 0.6 is 0 Å². The van der Waals surface area contributed by atoms with Crippen LogP contribution < -0.4 is 5.32 Å². The van der Waals surface area contributed by atoms with E-state index in [-0.39, 0.29) is 5.91 Å². The summed E-state index contributed by atoms with van der Waals surface area (Å²) in [6.07, 6.45) is 1.99. The summed E-state index contributed by atoms with van der Waals surface area (Å²) in [5.74, 6) is -0.737. The molecule has 2 fully saturated rings. The Morgan fingerprint density at radius 3 is 2.41 bits per heavy atom. The highest BCUT2D eigenvalue weighted by atomic mass is 16.2. The molecule has 0 aromatic rings.